The van der Waals surface area contributed by atoms with Gasteiger partial charge in [-0.1, -0.05) is 24.3 Å². The Labute approximate surface area is 98.5 Å². The van der Waals surface area contributed by atoms with Crippen molar-refractivity contribution in [3.8, 4) is 0 Å². The maximum absolute atomic E-state index is 12.2. The summed E-state index contributed by atoms with van der Waals surface area (Å²) in [5, 5.41) is 3.35. The highest BCUT2D eigenvalue weighted by Crippen LogP contribution is 2.32. The molecule has 16 heavy (non-hydrogen) atoms. The summed E-state index contributed by atoms with van der Waals surface area (Å²) in [5.74, 6) is 0. The van der Waals surface area contributed by atoms with Crippen LogP contribution < -0.4 is 5.32 Å². The molecule has 1 unspecified atom stereocenters. The number of para-hydroxylation sites is 1. The molecule has 1 aromatic rings. The fourth-order valence-electron chi connectivity index (χ4n) is 1.69. The van der Waals surface area contributed by atoms with Gasteiger partial charge < -0.3 is 5.32 Å². The second-order valence-electron chi connectivity index (χ2n) is 3.70. The van der Waals surface area contributed by atoms with E-state index in [0.29, 0.717) is 0 Å². The van der Waals surface area contributed by atoms with E-state index in [1.54, 1.807) is 0 Å². The minimum atomic E-state index is -1.01. The number of hydrogen-bond acceptors (Lipinski definition) is 2. The SMILES string of the molecule is C/C=C\CC1=C(C)S(=O)c2ccccc2N1. The molecule has 0 spiro atoms. The minimum Gasteiger partial charge on any atom is -0.357 e. The lowest BCUT2D eigenvalue weighted by molar-refractivity contribution is 0.686. The molecule has 0 saturated carbocycles. The summed E-state index contributed by atoms with van der Waals surface area (Å²) >= 11 is 0. The first kappa shape index (κ1) is 11.1. The number of anilines is 1. The van der Waals surface area contributed by atoms with Crippen LogP contribution in [0, 0.1) is 0 Å². The molecule has 1 N–H and O–H groups in total. The van der Waals surface area contributed by atoms with Crippen molar-refractivity contribution in [3.63, 3.8) is 0 Å². The molecule has 0 fully saturated rings. The van der Waals surface area contributed by atoms with Crippen molar-refractivity contribution in [1.82, 2.24) is 0 Å². The highest BCUT2D eigenvalue weighted by molar-refractivity contribution is 7.89. The van der Waals surface area contributed by atoms with Gasteiger partial charge in [0.2, 0.25) is 0 Å². The van der Waals surface area contributed by atoms with Gasteiger partial charge in [-0.3, -0.25) is 0 Å². The summed E-state index contributed by atoms with van der Waals surface area (Å²) in [6.07, 6.45) is 4.88. The van der Waals surface area contributed by atoms with Crippen molar-refractivity contribution in [2.75, 3.05) is 5.32 Å². The van der Waals surface area contributed by atoms with Gasteiger partial charge >= 0.3 is 0 Å². The molecule has 2 rings (SSSR count). The molecule has 84 valence electrons. The molecule has 1 aliphatic heterocycles. The molecule has 3 heteroatoms. The molecule has 0 saturated heterocycles. The molecule has 0 amide bonds. The second-order valence-corrected chi connectivity index (χ2v) is 5.29. The maximum atomic E-state index is 12.2. The third-order valence-electron chi connectivity index (χ3n) is 2.63. The monoisotopic (exact) mass is 233 g/mol. The Bertz CT molecular complexity index is 488. The van der Waals surface area contributed by atoms with E-state index in [4.69, 9.17) is 0 Å². The zero-order valence-corrected chi connectivity index (χ0v) is 10.3. The second kappa shape index (κ2) is 4.66. The van der Waals surface area contributed by atoms with E-state index in [0.717, 1.165) is 27.6 Å². The van der Waals surface area contributed by atoms with Gasteiger partial charge in [-0.2, -0.15) is 0 Å². The van der Waals surface area contributed by atoms with E-state index in [2.05, 4.69) is 11.4 Å². The minimum absolute atomic E-state index is 0.808. The van der Waals surface area contributed by atoms with Crippen molar-refractivity contribution in [2.45, 2.75) is 25.2 Å². The van der Waals surface area contributed by atoms with Crippen LogP contribution in [0.2, 0.25) is 0 Å². The van der Waals surface area contributed by atoms with Gasteiger partial charge in [-0.25, -0.2) is 4.21 Å². The first-order valence-electron chi connectivity index (χ1n) is 5.32. The number of benzene rings is 1. The molecule has 0 aromatic heterocycles. The Morgan fingerprint density at radius 2 is 2.12 bits per heavy atom. The molecule has 1 atom stereocenters. The van der Waals surface area contributed by atoms with Crippen LogP contribution in [0.5, 0.6) is 0 Å². The van der Waals surface area contributed by atoms with E-state index >= 15 is 0 Å². The lowest BCUT2D eigenvalue weighted by Gasteiger charge is -2.21. The van der Waals surface area contributed by atoms with E-state index in [1.807, 2.05) is 44.2 Å². The van der Waals surface area contributed by atoms with Crippen LogP contribution in [-0.4, -0.2) is 4.21 Å². The average Bonchev–Trinajstić information content (AvgIpc) is 2.32. The Morgan fingerprint density at radius 3 is 2.88 bits per heavy atom. The average molecular weight is 233 g/mol. The van der Waals surface area contributed by atoms with Gasteiger partial charge in [0.1, 0.15) is 0 Å². The van der Waals surface area contributed by atoms with Crippen LogP contribution >= 0.6 is 0 Å². The highest BCUT2D eigenvalue weighted by atomic mass is 32.2. The van der Waals surface area contributed by atoms with Crippen molar-refractivity contribution in [3.05, 3.63) is 47.0 Å². The third-order valence-corrected chi connectivity index (χ3v) is 4.19. The summed E-state index contributed by atoms with van der Waals surface area (Å²) in [6, 6.07) is 7.75. The van der Waals surface area contributed by atoms with Gasteiger partial charge in [0, 0.05) is 17.0 Å². The summed E-state index contributed by atoms with van der Waals surface area (Å²) in [6.45, 7) is 3.92. The topological polar surface area (TPSA) is 29.1 Å². The third kappa shape index (κ3) is 1.95. The molecule has 0 aliphatic carbocycles. The maximum Gasteiger partial charge on any atom is 0.0844 e. The summed E-state index contributed by atoms with van der Waals surface area (Å²) in [4.78, 5) is 1.81. The first-order chi connectivity index (χ1) is 7.74. The molecular weight excluding hydrogens is 218 g/mol. The van der Waals surface area contributed by atoms with Crippen molar-refractivity contribution < 1.29 is 4.21 Å². The molecule has 0 radical (unpaired) electrons. The summed E-state index contributed by atoms with van der Waals surface area (Å²) < 4.78 is 12.2. The van der Waals surface area contributed by atoms with Gasteiger partial charge in [0.15, 0.2) is 0 Å². The first-order valence-corrected chi connectivity index (χ1v) is 6.47. The van der Waals surface area contributed by atoms with Crippen LogP contribution in [-0.2, 0) is 10.8 Å². The van der Waals surface area contributed by atoms with Crippen LogP contribution in [0.3, 0.4) is 0 Å². The van der Waals surface area contributed by atoms with E-state index in [9.17, 15) is 4.21 Å². The van der Waals surface area contributed by atoms with E-state index in [1.165, 1.54) is 0 Å². The van der Waals surface area contributed by atoms with Crippen LogP contribution in [0.25, 0.3) is 0 Å². The van der Waals surface area contributed by atoms with Crippen molar-refractivity contribution in [2.24, 2.45) is 0 Å². The van der Waals surface area contributed by atoms with E-state index in [-0.39, 0.29) is 0 Å². The Kier molecular flexibility index (Phi) is 3.25. The quantitative estimate of drug-likeness (QED) is 0.793. The van der Waals surface area contributed by atoms with Gasteiger partial charge in [0.05, 0.1) is 21.4 Å². The Hall–Kier alpha value is -1.35. The molecule has 1 heterocycles. The van der Waals surface area contributed by atoms with Gasteiger partial charge in [0.25, 0.3) is 0 Å². The van der Waals surface area contributed by atoms with Crippen LogP contribution in [0.4, 0.5) is 5.69 Å². The summed E-state index contributed by atoms with van der Waals surface area (Å²) in [7, 11) is -1.01. The molecule has 2 nitrogen and oxygen atoms in total. The molecule has 1 aliphatic rings. The molecule has 0 bridgehead atoms. The van der Waals surface area contributed by atoms with Crippen LogP contribution in [0.15, 0.2) is 51.9 Å². The summed E-state index contributed by atoms with van der Waals surface area (Å²) in [5.41, 5.74) is 2.01. The largest absolute Gasteiger partial charge is 0.357 e. The van der Waals surface area contributed by atoms with E-state index < -0.39 is 10.8 Å². The lowest BCUT2D eigenvalue weighted by Crippen LogP contribution is -2.13. The van der Waals surface area contributed by atoms with Gasteiger partial charge in [-0.05, 0) is 26.0 Å². The number of allylic oxidation sites excluding steroid dienone is 3. The Morgan fingerprint density at radius 1 is 1.38 bits per heavy atom. The number of hydrogen-bond donors (Lipinski definition) is 1. The van der Waals surface area contributed by atoms with Crippen molar-refractivity contribution in [1.29, 1.82) is 0 Å². The number of fused-ring (bicyclic) bond motifs is 1. The standard InChI is InChI=1S/C13H15NOS/c1-3-4-7-11-10(2)16(15)13-9-6-5-8-12(13)14-11/h3-6,8-9,14H,7H2,1-2H3/b4-3-. The fraction of sp³-hybridized carbons (Fsp3) is 0.231. The normalized spacial score (nSPS) is 19.8. The predicted octanol–water partition coefficient (Wildman–Crippen LogP) is 3.42. The highest BCUT2D eigenvalue weighted by Gasteiger charge is 2.20. The fourth-order valence-corrected chi connectivity index (χ4v) is 2.90. The van der Waals surface area contributed by atoms with Gasteiger partial charge in [-0.15, -0.1) is 0 Å². The zero-order chi connectivity index (χ0) is 11.5. The lowest BCUT2D eigenvalue weighted by atomic mass is 10.2. The molecular formula is C13H15NOS. The number of rotatable bonds is 2. The zero-order valence-electron chi connectivity index (χ0n) is 9.49. The van der Waals surface area contributed by atoms with Crippen molar-refractivity contribution >= 4 is 16.5 Å². The van der Waals surface area contributed by atoms with Crippen LogP contribution in [0.1, 0.15) is 20.3 Å². The Balaban J connectivity index is 2.38. The number of nitrogens with one attached hydrogen (secondary N) is 1. The molecule has 1 aromatic carbocycles. The predicted molar refractivity (Wildman–Crippen MR) is 68.6 cm³/mol. The smallest absolute Gasteiger partial charge is 0.0844 e.